The Kier molecular flexibility index (Phi) is 3.09. The minimum Gasteiger partial charge on any atom is -0.369 e. The summed E-state index contributed by atoms with van der Waals surface area (Å²) in [6.07, 6.45) is 3.83. The molecule has 80 valence electrons. The van der Waals surface area contributed by atoms with Crippen molar-refractivity contribution in [3.8, 4) is 6.07 Å². The zero-order valence-corrected chi connectivity index (χ0v) is 8.51. The van der Waals surface area contributed by atoms with Crippen LogP contribution in [0.4, 0.5) is 5.82 Å². The fourth-order valence-corrected chi connectivity index (χ4v) is 1.29. The van der Waals surface area contributed by atoms with E-state index in [1.165, 1.54) is 6.33 Å². The summed E-state index contributed by atoms with van der Waals surface area (Å²) in [5, 5.41) is 18.4. The van der Waals surface area contributed by atoms with Crippen molar-refractivity contribution in [2.24, 2.45) is 0 Å². The van der Waals surface area contributed by atoms with Crippen LogP contribution in [0, 0.1) is 11.3 Å². The number of anilines is 1. The first-order valence-corrected chi connectivity index (χ1v) is 4.83. The van der Waals surface area contributed by atoms with Crippen molar-refractivity contribution < 1.29 is 0 Å². The maximum atomic E-state index is 8.84. The molecule has 0 saturated carbocycles. The summed E-state index contributed by atoms with van der Waals surface area (Å²) in [5.41, 5.74) is 0.542. The van der Waals surface area contributed by atoms with Crippen LogP contribution in [0.5, 0.6) is 0 Å². The van der Waals surface area contributed by atoms with Crippen molar-refractivity contribution in [1.82, 2.24) is 20.2 Å². The molecular weight excluding hydrogens is 204 g/mol. The predicted octanol–water partition coefficient (Wildman–Crippen LogP) is 0.726. The van der Waals surface area contributed by atoms with E-state index >= 15 is 0 Å². The number of nitriles is 1. The van der Waals surface area contributed by atoms with Crippen molar-refractivity contribution in [3.63, 3.8) is 0 Å². The van der Waals surface area contributed by atoms with Crippen LogP contribution < -0.4 is 5.32 Å². The van der Waals surface area contributed by atoms with Crippen molar-refractivity contribution in [1.29, 1.82) is 5.26 Å². The zero-order chi connectivity index (χ0) is 11.2. The monoisotopic (exact) mass is 214 g/mol. The third kappa shape index (κ3) is 2.33. The predicted molar refractivity (Wildman–Crippen MR) is 57.5 cm³/mol. The number of nitrogens with one attached hydrogen (secondary N) is 2. The number of aromatic nitrogens is 4. The molecule has 0 bridgehead atoms. The Labute approximate surface area is 92.4 Å². The van der Waals surface area contributed by atoms with Crippen molar-refractivity contribution in [2.75, 3.05) is 11.9 Å². The maximum absolute atomic E-state index is 8.84. The molecule has 0 fully saturated rings. The highest BCUT2D eigenvalue weighted by Crippen LogP contribution is 2.08. The third-order valence-electron chi connectivity index (χ3n) is 2.05. The van der Waals surface area contributed by atoms with Crippen LogP contribution in [0.15, 0.2) is 24.7 Å². The summed E-state index contributed by atoms with van der Waals surface area (Å²) in [6.45, 7) is 0.654. The van der Waals surface area contributed by atoms with Crippen LogP contribution >= 0.6 is 0 Å². The molecule has 2 heterocycles. The largest absolute Gasteiger partial charge is 0.369 e. The lowest BCUT2D eigenvalue weighted by Gasteiger charge is -2.04. The van der Waals surface area contributed by atoms with Gasteiger partial charge in [-0.15, -0.1) is 0 Å². The van der Waals surface area contributed by atoms with Crippen LogP contribution in [0.1, 0.15) is 11.4 Å². The average molecular weight is 214 g/mol. The van der Waals surface area contributed by atoms with Gasteiger partial charge < -0.3 is 5.32 Å². The highest BCUT2D eigenvalue weighted by atomic mass is 15.2. The Bertz CT molecular complexity index is 484. The molecule has 0 unspecified atom stereocenters. The summed E-state index contributed by atoms with van der Waals surface area (Å²) in [5.74, 6) is 1.41. The lowest BCUT2D eigenvalue weighted by molar-refractivity contribution is 0.896. The SMILES string of the molecule is N#Cc1cccnc1NCCc1ncn[nH]1. The van der Waals surface area contributed by atoms with E-state index in [0.29, 0.717) is 24.3 Å². The molecule has 0 atom stereocenters. The van der Waals surface area contributed by atoms with Crippen molar-refractivity contribution in [2.45, 2.75) is 6.42 Å². The number of rotatable bonds is 4. The van der Waals surface area contributed by atoms with Gasteiger partial charge in [0.05, 0.1) is 5.56 Å². The van der Waals surface area contributed by atoms with Gasteiger partial charge in [-0.05, 0) is 12.1 Å². The molecule has 0 aliphatic rings. The van der Waals surface area contributed by atoms with E-state index in [2.05, 4.69) is 31.6 Å². The Morgan fingerprint density at radius 2 is 2.38 bits per heavy atom. The van der Waals surface area contributed by atoms with Crippen molar-refractivity contribution >= 4 is 5.82 Å². The molecule has 0 saturated heterocycles. The Balaban J connectivity index is 1.93. The molecule has 0 aromatic carbocycles. The summed E-state index contributed by atoms with van der Waals surface area (Å²) in [7, 11) is 0. The smallest absolute Gasteiger partial charge is 0.143 e. The van der Waals surface area contributed by atoms with Gasteiger partial charge in [0.15, 0.2) is 0 Å². The first kappa shape index (κ1) is 10.1. The first-order valence-electron chi connectivity index (χ1n) is 4.83. The fourth-order valence-electron chi connectivity index (χ4n) is 1.29. The molecule has 6 nitrogen and oxygen atoms in total. The second-order valence-corrected chi connectivity index (χ2v) is 3.12. The number of pyridine rings is 1. The second kappa shape index (κ2) is 4.89. The van der Waals surface area contributed by atoms with E-state index < -0.39 is 0 Å². The summed E-state index contributed by atoms with van der Waals surface area (Å²) in [4.78, 5) is 8.09. The van der Waals surface area contributed by atoms with E-state index in [1.807, 2.05) is 0 Å². The summed E-state index contributed by atoms with van der Waals surface area (Å²) in [6, 6.07) is 5.54. The van der Waals surface area contributed by atoms with E-state index in [4.69, 9.17) is 5.26 Å². The fraction of sp³-hybridized carbons (Fsp3) is 0.200. The number of nitrogens with zero attached hydrogens (tertiary/aromatic N) is 4. The molecular formula is C10H10N6. The summed E-state index contributed by atoms with van der Waals surface area (Å²) >= 11 is 0. The molecule has 16 heavy (non-hydrogen) atoms. The molecule has 0 spiro atoms. The van der Waals surface area contributed by atoms with Gasteiger partial charge in [0.1, 0.15) is 24.0 Å². The number of H-pyrrole nitrogens is 1. The number of hydrogen-bond donors (Lipinski definition) is 2. The van der Waals surface area contributed by atoms with Crippen LogP contribution in [0.2, 0.25) is 0 Å². The van der Waals surface area contributed by atoms with Gasteiger partial charge in [0, 0.05) is 19.2 Å². The number of aromatic amines is 1. The quantitative estimate of drug-likeness (QED) is 0.782. The van der Waals surface area contributed by atoms with Crippen LogP contribution in [0.25, 0.3) is 0 Å². The Hall–Kier alpha value is -2.42. The molecule has 2 rings (SSSR count). The molecule has 0 aliphatic carbocycles. The molecule has 2 aromatic heterocycles. The topological polar surface area (TPSA) is 90.3 Å². The van der Waals surface area contributed by atoms with Crippen LogP contribution in [-0.4, -0.2) is 26.7 Å². The lowest BCUT2D eigenvalue weighted by atomic mass is 10.3. The van der Waals surface area contributed by atoms with Gasteiger partial charge in [-0.3, -0.25) is 5.10 Å². The molecule has 0 aliphatic heterocycles. The Morgan fingerprint density at radius 1 is 1.44 bits per heavy atom. The van der Waals surface area contributed by atoms with Crippen LogP contribution in [0.3, 0.4) is 0 Å². The van der Waals surface area contributed by atoms with Gasteiger partial charge in [0.25, 0.3) is 0 Å². The Morgan fingerprint density at radius 3 is 3.12 bits per heavy atom. The average Bonchev–Trinajstić information content (AvgIpc) is 2.83. The molecule has 2 N–H and O–H groups in total. The molecule has 2 aromatic rings. The highest BCUT2D eigenvalue weighted by Gasteiger charge is 2.01. The molecule has 0 amide bonds. The lowest BCUT2D eigenvalue weighted by Crippen LogP contribution is -2.08. The maximum Gasteiger partial charge on any atom is 0.143 e. The number of hydrogen-bond acceptors (Lipinski definition) is 5. The van der Waals surface area contributed by atoms with Crippen LogP contribution in [-0.2, 0) is 6.42 Å². The van der Waals surface area contributed by atoms with Gasteiger partial charge in [-0.25, -0.2) is 9.97 Å². The standard InChI is InChI=1S/C10H10N6/c11-6-8-2-1-4-12-10(8)13-5-3-9-14-7-15-16-9/h1-2,4,7H,3,5H2,(H,12,13)(H,14,15,16). The highest BCUT2D eigenvalue weighted by molar-refractivity contribution is 5.51. The molecule has 6 heteroatoms. The van der Waals surface area contributed by atoms with E-state index in [-0.39, 0.29) is 0 Å². The normalized spacial score (nSPS) is 9.69. The second-order valence-electron chi connectivity index (χ2n) is 3.12. The molecule has 0 radical (unpaired) electrons. The van der Waals surface area contributed by atoms with E-state index in [0.717, 1.165) is 5.82 Å². The minimum atomic E-state index is 0.542. The minimum absolute atomic E-state index is 0.542. The first-order chi connectivity index (χ1) is 7.90. The van der Waals surface area contributed by atoms with Gasteiger partial charge >= 0.3 is 0 Å². The zero-order valence-electron chi connectivity index (χ0n) is 8.51. The van der Waals surface area contributed by atoms with Crippen molar-refractivity contribution in [3.05, 3.63) is 36.0 Å². The van der Waals surface area contributed by atoms with E-state index in [9.17, 15) is 0 Å². The van der Waals surface area contributed by atoms with Gasteiger partial charge in [0.2, 0.25) is 0 Å². The third-order valence-corrected chi connectivity index (χ3v) is 2.05. The van der Waals surface area contributed by atoms with Gasteiger partial charge in [-0.1, -0.05) is 0 Å². The summed E-state index contributed by atoms with van der Waals surface area (Å²) < 4.78 is 0. The van der Waals surface area contributed by atoms with E-state index in [1.54, 1.807) is 18.3 Å². The van der Waals surface area contributed by atoms with Gasteiger partial charge in [-0.2, -0.15) is 10.4 Å².